The zero-order chi connectivity index (χ0) is 12.3. The van der Waals surface area contributed by atoms with Gasteiger partial charge in [-0.2, -0.15) is 5.26 Å². The fraction of sp³-hybridized carbons (Fsp3) is 0. The third-order valence-electron chi connectivity index (χ3n) is 2.48. The van der Waals surface area contributed by atoms with Crippen molar-refractivity contribution < 1.29 is 5.11 Å². The zero-order valence-corrected chi connectivity index (χ0v) is 9.74. The standard InChI is InChI=1S/C14H9NOS/c15-8-10-1-4-12(5-2-10)13-7-11(9-17)3-6-14(13)16/h1-7,9,16H. The van der Waals surface area contributed by atoms with Crippen LogP contribution in [0, 0.1) is 11.3 Å². The maximum absolute atomic E-state index is 9.80. The molecule has 0 aliphatic carbocycles. The summed E-state index contributed by atoms with van der Waals surface area (Å²) in [6.07, 6.45) is 0. The molecule has 0 heterocycles. The Morgan fingerprint density at radius 2 is 1.82 bits per heavy atom. The summed E-state index contributed by atoms with van der Waals surface area (Å²) in [5, 5.41) is 20.1. The van der Waals surface area contributed by atoms with Crippen molar-refractivity contribution >= 4 is 17.6 Å². The second-order valence-corrected chi connectivity index (χ2v) is 3.82. The molecular formula is C14H9NOS. The normalized spacial score (nSPS) is 9.59. The molecule has 0 aliphatic rings. The van der Waals surface area contributed by atoms with E-state index in [-0.39, 0.29) is 5.75 Å². The van der Waals surface area contributed by atoms with E-state index in [2.05, 4.69) is 6.07 Å². The fourth-order valence-corrected chi connectivity index (χ4v) is 1.73. The van der Waals surface area contributed by atoms with Gasteiger partial charge >= 0.3 is 0 Å². The van der Waals surface area contributed by atoms with Crippen molar-refractivity contribution in [2.75, 3.05) is 0 Å². The molecule has 2 nitrogen and oxygen atoms in total. The van der Waals surface area contributed by atoms with Crippen molar-refractivity contribution in [3.63, 3.8) is 0 Å². The largest absolute Gasteiger partial charge is 0.507 e. The van der Waals surface area contributed by atoms with Crippen molar-refractivity contribution in [2.24, 2.45) is 0 Å². The third kappa shape index (κ3) is 2.32. The molecule has 0 radical (unpaired) electrons. The smallest absolute Gasteiger partial charge is 0.123 e. The lowest BCUT2D eigenvalue weighted by Crippen LogP contribution is -1.84. The van der Waals surface area contributed by atoms with Gasteiger partial charge in [0.25, 0.3) is 0 Å². The third-order valence-corrected chi connectivity index (χ3v) is 2.75. The van der Waals surface area contributed by atoms with Crippen LogP contribution in [-0.2, 0) is 0 Å². The van der Waals surface area contributed by atoms with Gasteiger partial charge in [-0.25, -0.2) is 0 Å². The van der Waals surface area contributed by atoms with E-state index in [9.17, 15) is 5.11 Å². The summed E-state index contributed by atoms with van der Waals surface area (Å²) in [5.74, 6) is 0.204. The van der Waals surface area contributed by atoms with E-state index < -0.39 is 0 Å². The molecule has 0 bridgehead atoms. The number of hydrogen-bond acceptors (Lipinski definition) is 3. The van der Waals surface area contributed by atoms with Gasteiger partial charge in [0.15, 0.2) is 0 Å². The number of nitriles is 1. The van der Waals surface area contributed by atoms with Crippen LogP contribution in [0.3, 0.4) is 0 Å². The highest BCUT2D eigenvalue weighted by Gasteiger charge is 2.04. The SMILES string of the molecule is N#Cc1ccc(-c2cc(C=S)ccc2O)cc1. The van der Waals surface area contributed by atoms with Gasteiger partial charge in [-0.1, -0.05) is 30.4 Å². The first-order valence-corrected chi connectivity index (χ1v) is 5.50. The van der Waals surface area contributed by atoms with Crippen molar-refractivity contribution in [3.05, 3.63) is 53.6 Å². The summed E-state index contributed by atoms with van der Waals surface area (Å²) in [4.78, 5) is 0. The number of phenolic OH excluding ortho intramolecular Hbond substituents is 1. The van der Waals surface area contributed by atoms with Crippen LogP contribution in [-0.4, -0.2) is 10.5 Å². The fourth-order valence-electron chi connectivity index (χ4n) is 1.58. The maximum Gasteiger partial charge on any atom is 0.123 e. The van der Waals surface area contributed by atoms with Gasteiger partial charge in [0.2, 0.25) is 0 Å². The highest BCUT2D eigenvalue weighted by molar-refractivity contribution is 7.79. The Morgan fingerprint density at radius 1 is 1.12 bits per heavy atom. The Labute approximate surface area is 105 Å². The van der Waals surface area contributed by atoms with Crippen molar-refractivity contribution in [1.82, 2.24) is 0 Å². The van der Waals surface area contributed by atoms with Crippen LogP contribution in [0.2, 0.25) is 0 Å². The minimum absolute atomic E-state index is 0.204. The van der Waals surface area contributed by atoms with E-state index in [0.717, 1.165) is 11.1 Å². The summed E-state index contributed by atoms with van der Waals surface area (Å²) >= 11 is 4.86. The van der Waals surface area contributed by atoms with Crippen LogP contribution in [0.1, 0.15) is 11.1 Å². The predicted molar refractivity (Wildman–Crippen MR) is 71.0 cm³/mol. The van der Waals surface area contributed by atoms with Crippen molar-refractivity contribution in [3.8, 4) is 22.9 Å². The molecule has 0 saturated heterocycles. The summed E-state index contributed by atoms with van der Waals surface area (Å²) in [6, 6.07) is 14.3. The molecule has 2 aromatic carbocycles. The summed E-state index contributed by atoms with van der Waals surface area (Å²) in [7, 11) is 0. The van der Waals surface area contributed by atoms with Gasteiger partial charge in [0, 0.05) is 10.9 Å². The quantitative estimate of drug-likeness (QED) is 0.818. The summed E-state index contributed by atoms with van der Waals surface area (Å²) in [6.45, 7) is 0. The highest BCUT2D eigenvalue weighted by atomic mass is 32.1. The second-order valence-electron chi connectivity index (χ2n) is 3.58. The monoisotopic (exact) mass is 239 g/mol. The molecule has 0 unspecified atom stereocenters. The molecular weight excluding hydrogens is 230 g/mol. The Balaban J connectivity index is 2.51. The molecule has 0 saturated carbocycles. The van der Waals surface area contributed by atoms with Crippen LogP contribution < -0.4 is 0 Å². The Kier molecular flexibility index (Phi) is 3.17. The zero-order valence-electron chi connectivity index (χ0n) is 8.92. The van der Waals surface area contributed by atoms with E-state index >= 15 is 0 Å². The first-order chi connectivity index (χ1) is 8.24. The number of nitrogens with zero attached hydrogens (tertiary/aromatic N) is 1. The summed E-state index contributed by atoms with van der Waals surface area (Å²) in [5.41, 5.74) is 3.05. The average Bonchev–Trinajstić information content (AvgIpc) is 2.39. The number of benzene rings is 2. The van der Waals surface area contributed by atoms with E-state index in [1.54, 1.807) is 41.8 Å². The number of aromatic hydroxyl groups is 1. The summed E-state index contributed by atoms with van der Waals surface area (Å²) < 4.78 is 0. The number of rotatable bonds is 2. The van der Waals surface area contributed by atoms with Gasteiger partial charge in [-0.3, -0.25) is 0 Å². The molecule has 0 amide bonds. The molecule has 2 aromatic rings. The number of phenols is 1. The Morgan fingerprint density at radius 3 is 2.41 bits per heavy atom. The van der Waals surface area contributed by atoms with E-state index in [1.165, 1.54) is 0 Å². The van der Waals surface area contributed by atoms with Gasteiger partial charge < -0.3 is 5.11 Å². The molecule has 0 atom stereocenters. The van der Waals surface area contributed by atoms with Crippen LogP contribution in [0.25, 0.3) is 11.1 Å². The molecule has 1 N–H and O–H groups in total. The number of hydrogen-bond donors (Lipinski definition) is 1. The maximum atomic E-state index is 9.80. The van der Waals surface area contributed by atoms with Crippen LogP contribution >= 0.6 is 12.2 Å². The molecule has 0 aliphatic heterocycles. The lowest BCUT2D eigenvalue weighted by molar-refractivity contribution is 0.477. The van der Waals surface area contributed by atoms with Crippen LogP contribution in [0.4, 0.5) is 0 Å². The van der Waals surface area contributed by atoms with E-state index in [1.807, 2.05) is 6.07 Å². The highest BCUT2D eigenvalue weighted by Crippen LogP contribution is 2.29. The molecule has 82 valence electrons. The Bertz CT molecular complexity index is 597. The molecule has 17 heavy (non-hydrogen) atoms. The van der Waals surface area contributed by atoms with Crippen LogP contribution in [0.5, 0.6) is 5.75 Å². The molecule has 0 fully saturated rings. The lowest BCUT2D eigenvalue weighted by Gasteiger charge is -2.05. The van der Waals surface area contributed by atoms with Gasteiger partial charge in [0.05, 0.1) is 11.6 Å². The van der Waals surface area contributed by atoms with Gasteiger partial charge in [0.1, 0.15) is 5.75 Å². The van der Waals surface area contributed by atoms with Gasteiger partial charge in [-0.15, -0.1) is 0 Å². The first-order valence-electron chi connectivity index (χ1n) is 5.03. The second kappa shape index (κ2) is 4.77. The number of thiocarbonyl (C=S) groups is 1. The lowest BCUT2D eigenvalue weighted by atomic mass is 10.0. The first kappa shape index (κ1) is 11.3. The van der Waals surface area contributed by atoms with Crippen molar-refractivity contribution in [1.29, 1.82) is 5.26 Å². The van der Waals surface area contributed by atoms with Gasteiger partial charge in [-0.05, 0) is 35.4 Å². The molecule has 0 spiro atoms. The van der Waals surface area contributed by atoms with Crippen molar-refractivity contribution in [2.45, 2.75) is 0 Å². The van der Waals surface area contributed by atoms with Crippen LogP contribution in [0.15, 0.2) is 42.5 Å². The van der Waals surface area contributed by atoms with E-state index in [0.29, 0.717) is 11.1 Å². The predicted octanol–water partition coefficient (Wildman–Crippen LogP) is 3.28. The minimum atomic E-state index is 0.204. The molecule has 0 aromatic heterocycles. The topological polar surface area (TPSA) is 44.0 Å². The van der Waals surface area contributed by atoms with E-state index in [4.69, 9.17) is 17.5 Å². The Hall–Kier alpha value is -2.18. The minimum Gasteiger partial charge on any atom is -0.507 e. The average molecular weight is 239 g/mol. The molecule has 3 heteroatoms. The molecule has 2 rings (SSSR count).